The largest absolute Gasteiger partial charge is 0.497 e. The molecule has 4 heteroatoms. The molecule has 0 aliphatic rings. The number of aromatic nitrogens is 1. The van der Waals surface area contributed by atoms with Crippen LogP contribution >= 0.6 is 11.3 Å². The number of methoxy groups -OCH3 is 1. The normalized spacial score (nSPS) is 10.6. The van der Waals surface area contributed by atoms with Crippen molar-refractivity contribution in [3.8, 4) is 5.75 Å². The van der Waals surface area contributed by atoms with Crippen molar-refractivity contribution in [3.05, 3.63) is 45.4 Å². The molecule has 1 aromatic heterocycles. The summed E-state index contributed by atoms with van der Waals surface area (Å²) in [5.74, 6) is 0.908. The molecule has 0 saturated heterocycles. The van der Waals surface area contributed by atoms with E-state index in [-0.39, 0.29) is 0 Å². The zero-order chi connectivity index (χ0) is 13.0. The average Bonchev–Trinajstić information content (AvgIpc) is 2.77. The molecule has 0 aliphatic carbocycles. The minimum atomic E-state index is 0.586. The van der Waals surface area contributed by atoms with E-state index < -0.39 is 0 Å². The van der Waals surface area contributed by atoms with Crippen LogP contribution < -0.4 is 10.5 Å². The summed E-state index contributed by atoms with van der Waals surface area (Å²) in [6, 6.07) is 8.17. The number of ether oxygens (including phenoxy) is 1. The second-order valence-corrected chi connectivity index (χ2v) is 5.34. The molecule has 0 atom stereocenters. The lowest BCUT2D eigenvalue weighted by molar-refractivity contribution is 0.414. The van der Waals surface area contributed by atoms with Gasteiger partial charge >= 0.3 is 0 Å². The highest BCUT2D eigenvalue weighted by Crippen LogP contribution is 2.20. The Kier molecular flexibility index (Phi) is 4.33. The first-order valence-corrected chi connectivity index (χ1v) is 6.82. The molecule has 2 N–H and O–H groups in total. The quantitative estimate of drug-likeness (QED) is 0.901. The van der Waals surface area contributed by atoms with Crippen LogP contribution in [-0.4, -0.2) is 12.1 Å². The highest BCUT2D eigenvalue weighted by molar-refractivity contribution is 7.11. The van der Waals surface area contributed by atoms with Crippen molar-refractivity contribution in [1.82, 2.24) is 4.98 Å². The number of nitrogens with two attached hydrogens (primary N) is 1. The predicted octanol–water partition coefficient (Wildman–Crippen LogP) is 2.70. The number of hydrogen-bond donors (Lipinski definition) is 1. The third kappa shape index (κ3) is 3.09. The van der Waals surface area contributed by atoms with Crippen molar-refractivity contribution in [1.29, 1.82) is 0 Å². The Morgan fingerprint density at radius 1 is 1.33 bits per heavy atom. The van der Waals surface area contributed by atoms with Crippen molar-refractivity contribution < 1.29 is 4.74 Å². The second-order valence-electron chi connectivity index (χ2n) is 4.17. The van der Waals surface area contributed by atoms with E-state index in [1.807, 2.05) is 19.1 Å². The number of benzene rings is 1. The Bertz CT molecular complexity index is 522. The van der Waals surface area contributed by atoms with E-state index in [4.69, 9.17) is 10.5 Å². The van der Waals surface area contributed by atoms with Crippen LogP contribution in [0.5, 0.6) is 5.75 Å². The molecule has 0 bridgehead atoms. The molecule has 2 aromatic rings. The monoisotopic (exact) mass is 262 g/mol. The molecule has 2 rings (SSSR count). The fourth-order valence-corrected chi connectivity index (χ4v) is 2.81. The van der Waals surface area contributed by atoms with Crippen LogP contribution in [0.3, 0.4) is 0 Å². The SMILES string of the molecule is COc1cccc(CCc2nc(C)c(CN)s2)c1. The molecule has 0 spiro atoms. The van der Waals surface area contributed by atoms with E-state index in [9.17, 15) is 0 Å². The summed E-state index contributed by atoms with van der Waals surface area (Å²) < 4.78 is 5.22. The van der Waals surface area contributed by atoms with Gasteiger partial charge in [-0.25, -0.2) is 4.98 Å². The van der Waals surface area contributed by atoms with Crippen molar-refractivity contribution >= 4 is 11.3 Å². The van der Waals surface area contributed by atoms with Gasteiger partial charge in [0.25, 0.3) is 0 Å². The highest BCUT2D eigenvalue weighted by Gasteiger charge is 2.06. The molecule has 0 aliphatic heterocycles. The molecule has 1 heterocycles. The maximum atomic E-state index is 5.66. The fraction of sp³-hybridized carbons (Fsp3) is 0.357. The maximum absolute atomic E-state index is 5.66. The number of aryl methyl sites for hydroxylation is 3. The Morgan fingerprint density at radius 3 is 2.83 bits per heavy atom. The summed E-state index contributed by atoms with van der Waals surface area (Å²) in [7, 11) is 1.69. The van der Waals surface area contributed by atoms with Gasteiger partial charge in [-0.3, -0.25) is 0 Å². The molecular weight excluding hydrogens is 244 g/mol. The summed E-state index contributed by atoms with van der Waals surface area (Å²) >= 11 is 1.72. The van der Waals surface area contributed by atoms with Gasteiger partial charge in [0.05, 0.1) is 17.8 Å². The van der Waals surface area contributed by atoms with Gasteiger partial charge in [-0.2, -0.15) is 0 Å². The van der Waals surface area contributed by atoms with E-state index in [1.165, 1.54) is 10.4 Å². The third-order valence-corrected chi connectivity index (χ3v) is 4.12. The van der Waals surface area contributed by atoms with Crippen molar-refractivity contribution in [2.45, 2.75) is 26.3 Å². The van der Waals surface area contributed by atoms with Gasteiger partial charge in [0.1, 0.15) is 5.75 Å². The number of hydrogen-bond acceptors (Lipinski definition) is 4. The predicted molar refractivity (Wildman–Crippen MR) is 75.1 cm³/mol. The van der Waals surface area contributed by atoms with Crippen LogP contribution in [0, 0.1) is 6.92 Å². The number of thiazole rings is 1. The second kappa shape index (κ2) is 5.98. The van der Waals surface area contributed by atoms with E-state index in [2.05, 4.69) is 17.1 Å². The van der Waals surface area contributed by atoms with E-state index in [0.717, 1.165) is 29.3 Å². The third-order valence-electron chi connectivity index (χ3n) is 2.88. The Hall–Kier alpha value is -1.39. The van der Waals surface area contributed by atoms with E-state index in [1.54, 1.807) is 18.4 Å². The van der Waals surface area contributed by atoms with Crippen molar-refractivity contribution in [2.75, 3.05) is 7.11 Å². The molecule has 0 radical (unpaired) electrons. The molecule has 0 saturated carbocycles. The molecule has 0 fully saturated rings. The zero-order valence-electron chi connectivity index (χ0n) is 10.8. The van der Waals surface area contributed by atoms with Gasteiger partial charge in [-0.1, -0.05) is 12.1 Å². The van der Waals surface area contributed by atoms with Crippen LogP contribution in [0.15, 0.2) is 24.3 Å². The Labute approximate surface area is 112 Å². The summed E-state index contributed by atoms with van der Waals surface area (Å²) in [6.45, 7) is 2.61. The van der Waals surface area contributed by atoms with Crippen LogP contribution in [0.2, 0.25) is 0 Å². The topological polar surface area (TPSA) is 48.1 Å². The van der Waals surface area contributed by atoms with Crippen LogP contribution in [-0.2, 0) is 19.4 Å². The van der Waals surface area contributed by atoms with Gasteiger partial charge in [-0.05, 0) is 31.0 Å². The Balaban J connectivity index is 2.01. The maximum Gasteiger partial charge on any atom is 0.119 e. The summed E-state index contributed by atoms with van der Waals surface area (Å²) in [6.07, 6.45) is 1.94. The summed E-state index contributed by atoms with van der Waals surface area (Å²) in [4.78, 5) is 5.74. The standard InChI is InChI=1S/C14H18N2OS/c1-10-13(9-15)18-14(16-10)7-6-11-4-3-5-12(8-11)17-2/h3-5,8H,6-7,9,15H2,1-2H3. The molecule has 1 aromatic carbocycles. The minimum Gasteiger partial charge on any atom is -0.497 e. The molecule has 3 nitrogen and oxygen atoms in total. The van der Waals surface area contributed by atoms with E-state index >= 15 is 0 Å². The first-order chi connectivity index (χ1) is 8.72. The summed E-state index contributed by atoms with van der Waals surface area (Å²) in [5.41, 5.74) is 8.01. The average molecular weight is 262 g/mol. The van der Waals surface area contributed by atoms with Crippen molar-refractivity contribution in [3.63, 3.8) is 0 Å². The van der Waals surface area contributed by atoms with E-state index in [0.29, 0.717) is 6.54 Å². The van der Waals surface area contributed by atoms with Crippen LogP contribution in [0.25, 0.3) is 0 Å². The van der Waals surface area contributed by atoms with Gasteiger partial charge in [0, 0.05) is 17.8 Å². The highest BCUT2D eigenvalue weighted by atomic mass is 32.1. The van der Waals surface area contributed by atoms with Crippen molar-refractivity contribution in [2.24, 2.45) is 5.73 Å². The fourth-order valence-electron chi connectivity index (χ4n) is 1.86. The lowest BCUT2D eigenvalue weighted by atomic mass is 10.1. The lowest BCUT2D eigenvalue weighted by Gasteiger charge is -2.03. The van der Waals surface area contributed by atoms with Gasteiger partial charge in [0.15, 0.2) is 0 Å². The molecular formula is C14H18N2OS. The van der Waals surface area contributed by atoms with Crippen LogP contribution in [0.4, 0.5) is 0 Å². The number of rotatable bonds is 5. The lowest BCUT2D eigenvalue weighted by Crippen LogP contribution is -1.94. The van der Waals surface area contributed by atoms with Gasteiger partial charge in [-0.15, -0.1) is 11.3 Å². The van der Waals surface area contributed by atoms with Crippen LogP contribution in [0.1, 0.15) is 21.1 Å². The minimum absolute atomic E-state index is 0.586. The molecule has 96 valence electrons. The first kappa shape index (κ1) is 13.1. The zero-order valence-corrected chi connectivity index (χ0v) is 11.6. The first-order valence-electron chi connectivity index (χ1n) is 6.01. The van der Waals surface area contributed by atoms with Gasteiger partial charge in [0.2, 0.25) is 0 Å². The molecule has 0 unspecified atom stereocenters. The molecule has 0 amide bonds. The van der Waals surface area contributed by atoms with Gasteiger partial charge < -0.3 is 10.5 Å². The smallest absolute Gasteiger partial charge is 0.119 e. The number of nitrogens with zero attached hydrogens (tertiary/aromatic N) is 1. The Morgan fingerprint density at radius 2 is 2.17 bits per heavy atom. The summed E-state index contributed by atoms with van der Waals surface area (Å²) in [5, 5.41) is 1.16. The molecule has 18 heavy (non-hydrogen) atoms.